The SMILES string of the molecule is CC(CCNC(C)C(=O)NC(C)(C)C)CCC(=O)O. The van der Waals surface area contributed by atoms with Crippen molar-refractivity contribution in [2.45, 2.75) is 65.5 Å². The van der Waals surface area contributed by atoms with Gasteiger partial charge in [-0.1, -0.05) is 6.92 Å². The molecule has 2 unspecified atom stereocenters. The molecule has 0 aliphatic heterocycles. The number of nitrogens with one attached hydrogen (secondary N) is 2. The standard InChI is InChI=1S/C14H28N2O3/c1-10(6-7-12(17)18)8-9-15-11(2)13(19)16-14(3,4)5/h10-11,15H,6-9H2,1-5H3,(H,16,19)(H,17,18). The third-order valence-corrected chi connectivity index (χ3v) is 2.83. The third kappa shape index (κ3) is 10.5. The van der Waals surface area contributed by atoms with E-state index in [0.29, 0.717) is 12.3 Å². The lowest BCUT2D eigenvalue weighted by Gasteiger charge is -2.24. The molecule has 0 saturated heterocycles. The predicted molar refractivity (Wildman–Crippen MR) is 76.0 cm³/mol. The van der Waals surface area contributed by atoms with Gasteiger partial charge in [-0.25, -0.2) is 0 Å². The highest BCUT2D eigenvalue weighted by Crippen LogP contribution is 2.09. The Morgan fingerprint density at radius 2 is 1.74 bits per heavy atom. The Balaban J connectivity index is 3.81. The van der Waals surface area contributed by atoms with Crippen LogP contribution in [0.3, 0.4) is 0 Å². The van der Waals surface area contributed by atoms with Crippen LogP contribution in [0.1, 0.15) is 53.9 Å². The molecular weight excluding hydrogens is 244 g/mol. The summed E-state index contributed by atoms with van der Waals surface area (Å²) in [6.45, 7) is 10.4. The monoisotopic (exact) mass is 272 g/mol. The number of aliphatic carboxylic acids is 1. The van der Waals surface area contributed by atoms with Gasteiger partial charge in [-0.05, 0) is 53.0 Å². The molecule has 0 aromatic rings. The van der Waals surface area contributed by atoms with Gasteiger partial charge in [0.1, 0.15) is 0 Å². The van der Waals surface area contributed by atoms with Gasteiger partial charge < -0.3 is 15.7 Å². The Bertz CT molecular complexity index is 298. The summed E-state index contributed by atoms with van der Waals surface area (Å²) in [4.78, 5) is 22.2. The van der Waals surface area contributed by atoms with Gasteiger partial charge in [-0.3, -0.25) is 9.59 Å². The molecule has 19 heavy (non-hydrogen) atoms. The minimum Gasteiger partial charge on any atom is -0.481 e. The summed E-state index contributed by atoms with van der Waals surface area (Å²) in [6.07, 6.45) is 1.77. The Hall–Kier alpha value is -1.10. The van der Waals surface area contributed by atoms with E-state index in [-0.39, 0.29) is 23.9 Å². The fourth-order valence-corrected chi connectivity index (χ4v) is 1.63. The summed E-state index contributed by atoms with van der Waals surface area (Å²) in [5, 5.41) is 14.7. The van der Waals surface area contributed by atoms with Crippen LogP contribution in [0.4, 0.5) is 0 Å². The van der Waals surface area contributed by atoms with Gasteiger partial charge in [-0.15, -0.1) is 0 Å². The minimum absolute atomic E-state index is 0.00862. The number of carbonyl (C=O) groups excluding carboxylic acids is 1. The van der Waals surface area contributed by atoms with E-state index in [2.05, 4.69) is 10.6 Å². The van der Waals surface area contributed by atoms with Crippen LogP contribution in [-0.2, 0) is 9.59 Å². The fraction of sp³-hybridized carbons (Fsp3) is 0.857. The van der Waals surface area contributed by atoms with E-state index in [1.165, 1.54) is 0 Å². The molecule has 0 saturated carbocycles. The first kappa shape index (κ1) is 17.9. The molecule has 0 rings (SSSR count). The number of hydrogen-bond acceptors (Lipinski definition) is 3. The van der Waals surface area contributed by atoms with Gasteiger partial charge in [0, 0.05) is 12.0 Å². The van der Waals surface area contributed by atoms with E-state index in [1.54, 1.807) is 0 Å². The van der Waals surface area contributed by atoms with Crippen LogP contribution >= 0.6 is 0 Å². The van der Waals surface area contributed by atoms with Crippen LogP contribution in [0.25, 0.3) is 0 Å². The van der Waals surface area contributed by atoms with Crippen molar-refractivity contribution in [2.75, 3.05) is 6.54 Å². The molecule has 0 spiro atoms. The highest BCUT2D eigenvalue weighted by Gasteiger charge is 2.18. The molecule has 1 amide bonds. The molecule has 0 heterocycles. The van der Waals surface area contributed by atoms with Crippen molar-refractivity contribution in [3.63, 3.8) is 0 Å². The molecule has 0 aliphatic rings. The third-order valence-electron chi connectivity index (χ3n) is 2.83. The molecule has 0 aromatic carbocycles. The molecule has 112 valence electrons. The highest BCUT2D eigenvalue weighted by molar-refractivity contribution is 5.81. The second kappa shape index (κ2) is 8.15. The molecule has 0 bridgehead atoms. The fourth-order valence-electron chi connectivity index (χ4n) is 1.63. The van der Waals surface area contributed by atoms with Crippen molar-refractivity contribution >= 4 is 11.9 Å². The number of hydrogen-bond donors (Lipinski definition) is 3. The average Bonchev–Trinajstić information content (AvgIpc) is 2.23. The van der Waals surface area contributed by atoms with Crippen molar-refractivity contribution in [1.29, 1.82) is 0 Å². The largest absolute Gasteiger partial charge is 0.481 e. The Morgan fingerprint density at radius 3 is 2.21 bits per heavy atom. The molecule has 0 aliphatic carbocycles. The van der Waals surface area contributed by atoms with Crippen molar-refractivity contribution < 1.29 is 14.7 Å². The van der Waals surface area contributed by atoms with E-state index < -0.39 is 5.97 Å². The first-order valence-corrected chi connectivity index (χ1v) is 6.89. The number of carboxylic acids is 1. The molecule has 2 atom stereocenters. The minimum atomic E-state index is -0.752. The van der Waals surface area contributed by atoms with E-state index in [4.69, 9.17) is 5.11 Å². The quantitative estimate of drug-likeness (QED) is 0.629. The average molecular weight is 272 g/mol. The maximum atomic E-state index is 11.8. The lowest BCUT2D eigenvalue weighted by molar-refractivity contribution is -0.137. The van der Waals surface area contributed by atoms with Gasteiger partial charge >= 0.3 is 5.97 Å². The van der Waals surface area contributed by atoms with Crippen LogP contribution < -0.4 is 10.6 Å². The summed E-state index contributed by atoms with van der Waals surface area (Å²) >= 11 is 0. The lowest BCUT2D eigenvalue weighted by Crippen LogP contribution is -2.49. The lowest BCUT2D eigenvalue weighted by atomic mass is 10.0. The van der Waals surface area contributed by atoms with Gasteiger partial charge in [0.25, 0.3) is 0 Å². The van der Waals surface area contributed by atoms with Crippen LogP contribution in [-0.4, -0.2) is 35.1 Å². The van der Waals surface area contributed by atoms with E-state index in [0.717, 1.165) is 13.0 Å². The van der Waals surface area contributed by atoms with Crippen LogP contribution in [0, 0.1) is 5.92 Å². The van der Waals surface area contributed by atoms with E-state index in [9.17, 15) is 9.59 Å². The summed E-state index contributed by atoms with van der Waals surface area (Å²) in [7, 11) is 0. The van der Waals surface area contributed by atoms with Gasteiger partial charge in [-0.2, -0.15) is 0 Å². The molecule has 3 N–H and O–H groups in total. The Labute approximate surface area is 116 Å². The molecule has 0 fully saturated rings. The number of amides is 1. The topological polar surface area (TPSA) is 78.4 Å². The number of carbonyl (C=O) groups is 2. The van der Waals surface area contributed by atoms with Crippen LogP contribution in [0.5, 0.6) is 0 Å². The van der Waals surface area contributed by atoms with Crippen molar-refractivity contribution in [1.82, 2.24) is 10.6 Å². The summed E-state index contributed by atoms with van der Waals surface area (Å²) < 4.78 is 0. The van der Waals surface area contributed by atoms with Crippen LogP contribution in [0.15, 0.2) is 0 Å². The molecular formula is C14H28N2O3. The number of rotatable bonds is 8. The van der Waals surface area contributed by atoms with E-state index >= 15 is 0 Å². The summed E-state index contributed by atoms with van der Waals surface area (Å²) in [6, 6.07) is -0.231. The van der Waals surface area contributed by atoms with Crippen molar-refractivity contribution in [3.05, 3.63) is 0 Å². The van der Waals surface area contributed by atoms with Crippen molar-refractivity contribution in [2.24, 2.45) is 5.92 Å². The molecule has 5 nitrogen and oxygen atoms in total. The molecule has 0 radical (unpaired) electrons. The second-order valence-electron chi connectivity index (χ2n) is 6.24. The van der Waals surface area contributed by atoms with Gasteiger partial charge in [0.15, 0.2) is 0 Å². The normalized spacial score (nSPS) is 14.8. The Morgan fingerprint density at radius 1 is 1.16 bits per heavy atom. The molecule has 5 heteroatoms. The maximum absolute atomic E-state index is 11.8. The Kier molecular flexibility index (Phi) is 7.68. The maximum Gasteiger partial charge on any atom is 0.303 e. The zero-order valence-electron chi connectivity index (χ0n) is 12.7. The predicted octanol–water partition coefficient (Wildman–Crippen LogP) is 1.77. The summed E-state index contributed by atoms with van der Waals surface area (Å²) in [5.41, 5.74) is -0.220. The van der Waals surface area contributed by atoms with Gasteiger partial charge in [0.2, 0.25) is 5.91 Å². The van der Waals surface area contributed by atoms with Crippen molar-refractivity contribution in [3.8, 4) is 0 Å². The van der Waals surface area contributed by atoms with Gasteiger partial charge in [0.05, 0.1) is 6.04 Å². The zero-order chi connectivity index (χ0) is 15.1. The van der Waals surface area contributed by atoms with E-state index in [1.807, 2.05) is 34.6 Å². The van der Waals surface area contributed by atoms with Crippen LogP contribution in [0.2, 0.25) is 0 Å². The second-order valence-corrected chi connectivity index (χ2v) is 6.24. The number of carboxylic acid groups (broad SMARTS) is 1. The first-order chi connectivity index (χ1) is 8.61. The smallest absolute Gasteiger partial charge is 0.303 e. The zero-order valence-corrected chi connectivity index (χ0v) is 12.7. The molecule has 0 aromatic heterocycles. The summed E-state index contributed by atoms with van der Waals surface area (Å²) in [5.74, 6) is -0.412. The first-order valence-electron chi connectivity index (χ1n) is 6.89. The highest BCUT2D eigenvalue weighted by atomic mass is 16.4.